The first kappa shape index (κ1) is 20.9. The van der Waals surface area contributed by atoms with Crippen molar-refractivity contribution in [3.05, 3.63) is 65.2 Å². The van der Waals surface area contributed by atoms with Crippen molar-refractivity contribution in [2.24, 2.45) is 5.92 Å². The number of piperidine rings is 1. The van der Waals surface area contributed by atoms with Gasteiger partial charge in [0.05, 0.1) is 6.61 Å². The highest BCUT2D eigenvalue weighted by Crippen LogP contribution is 2.32. The number of likely N-dealkylation sites (tertiary alicyclic amines) is 1. The van der Waals surface area contributed by atoms with Crippen molar-refractivity contribution in [1.82, 2.24) is 10.2 Å². The zero-order valence-corrected chi connectivity index (χ0v) is 17.9. The van der Waals surface area contributed by atoms with Gasteiger partial charge in [0.15, 0.2) is 0 Å². The smallest absolute Gasteiger partial charge is 0.251 e. The Balaban J connectivity index is 1.16. The molecule has 1 aliphatic carbocycles. The summed E-state index contributed by atoms with van der Waals surface area (Å²) in [4.78, 5) is 14.9. The van der Waals surface area contributed by atoms with E-state index in [-0.39, 0.29) is 5.91 Å². The van der Waals surface area contributed by atoms with E-state index in [1.807, 2.05) is 24.3 Å². The zero-order valence-electron chi connectivity index (χ0n) is 17.9. The SMILES string of the molecule is O=C(NCCc1ccc(CN2CCCCC2)cc1)c1ccc(OCCC2CC2)cc1. The maximum atomic E-state index is 12.4. The van der Waals surface area contributed by atoms with Gasteiger partial charge in [0.25, 0.3) is 5.91 Å². The third-order valence-electron chi connectivity index (χ3n) is 6.19. The Labute approximate surface area is 180 Å². The Morgan fingerprint density at radius 1 is 0.933 bits per heavy atom. The van der Waals surface area contributed by atoms with Gasteiger partial charge in [-0.1, -0.05) is 43.5 Å². The normalized spacial score (nSPS) is 16.9. The van der Waals surface area contributed by atoms with Crippen LogP contribution in [0, 0.1) is 5.92 Å². The molecule has 30 heavy (non-hydrogen) atoms. The summed E-state index contributed by atoms with van der Waals surface area (Å²) < 4.78 is 5.75. The van der Waals surface area contributed by atoms with Crippen LogP contribution in [0.5, 0.6) is 5.75 Å². The first-order valence-electron chi connectivity index (χ1n) is 11.6. The monoisotopic (exact) mass is 406 g/mol. The van der Waals surface area contributed by atoms with Crippen molar-refractivity contribution in [2.75, 3.05) is 26.2 Å². The number of hydrogen-bond acceptors (Lipinski definition) is 3. The van der Waals surface area contributed by atoms with Crippen LogP contribution in [0.3, 0.4) is 0 Å². The molecule has 2 aromatic rings. The van der Waals surface area contributed by atoms with Gasteiger partial charge in [-0.15, -0.1) is 0 Å². The molecule has 1 amide bonds. The van der Waals surface area contributed by atoms with Crippen molar-refractivity contribution < 1.29 is 9.53 Å². The van der Waals surface area contributed by atoms with E-state index in [1.54, 1.807) is 0 Å². The molecule has 1 saturated carbocycles. The number of rotatable bonds is 10. The molecule has 2 fully saturated rings. The van der Waals surface area contributed by atoms with E-state index in [0.29, 0.717) is 12.1 Å². The number of ether oxygens (including phenoxy) is 1. The van der Waals surface area contributed by atoms with E-state index < -0.39 is 0 Å². The molecule has 2 aromatic carbocycles. The van der Waals surface area contributed by atoms with Crippen LogP contribution in [0.25, 0.3) is 0 Å². The predicted molar refractivity (Wildman–Crippen MR) is 121 cm³/mol. The number of amides is 1. The predicted octanol–water partition coefficient (Wildman–Crippen LogP) is 4.82. The molecule has 2 aliphatic rings. The van der Waals surface area contributed by atoms with Gasteiger partial charge >= 0.3 is 0 Å². The minimum absolute atomic E-state index is 0.0266. The highest BCUT2D eigenvalue weighted by molar-refractivity contribution is 5.94. The second-order valence-electron chi connectivity index (χ2n) is 8.76. The zero-order chi connectivity index (χ0) is 20.6. The topological polar surface area (TPSA) is 41.6 Å². The number of hydrogen-bond donors (Lipinski definition) is 1. The third kappa shape index (κ3) is 6.60. The van der Waals surface area contributed by atoms with Crippen LogP contribution < -0.4 is 10.1 Å². The largest absolute Gasteiger partial charge is 0.494 e. The number of carbonyl (C=O) groups is 1. The summed E-state index contributed by atoms with van der Waals surface area (Å²) in [7, 11) is 0. The molecule has 1 N–H and O–H groups in total. The van der Waals surface area contributed by atoms with Crippen LogP contribution in [0.15, 0.2) is 48.5 Å². The van der Waals surface area contributed by atoms with E-state index in [4.69, 9.17) is 4.74 Å². The highest BCUT2D eigenvalue weighted by Gasteiger charge is 2.20. The summed E-state index contributed by atoms with van der Waals surface area (Å²) in [5, 5.41) is 3.03. The number of nitrogens with zero attached hydrogens (tertiary/aromatic N) is 1. The van der Waals surface area contributed by atoms with Gasteiger partial charge in [0.2, 0.25) is 0 Å². The quantitative estimate of drug-likeness (QED) is 0.615. The Morgan fingerprint density at radius 3 is 2.33 bits per heavy atom. The fourth-order valence-corrected chi connectivity index (χ4v) is 4.06. The van der Waals surface area contributed by atoms with Crippen LogP contribution in [-0.2, 0) is 13.0 Å². The van der Waals surface area contributed by atoms with Crippen molar-refractivity contribution >= 4 is 5.91 Å². The molecule has 1 aliphatic heterocycles. The Kier molecular flexibility index (Phi) is 7.41. The number of benzene rings is 2. The molecule has 160 valence electrons. The second kappa shape index (κ2) is 10.6. The van der Waals surface area contributed by atoms with E-state index >= 15 is 0 Å². The summed E-state index contributed by atoms with van der Waals surface area (Å²) in [5.74, 6) is 1.69. The Hall–Kier alpha value is -2.33. The minimum Gasteiger partial charge on any atom is -0.494 e. The average molecular weight is 407 g/mol. The van der Waals surface area contributed by atoms with Gasteiger partial charge in [-0.3, -0.25) is 9.69 Å². The van der Waals surface area contributed by atoms with Crippen LogP contribution in [0.2, 0.25) is 0 Å². The van der Waals surface area contributed by atoms with Crippen molar-refractivity contribution in [3.63, 3.8) is 0 Å². The molecule has 4 nitrogen and oxygen atoms in total. The second-order valence-corrected chi connectivity index (χ2v) is 8.76. The lowest BCUT2D eigenvalue weighted by atomic mass is 10.1. The first-order chi connectivity index (χ1) is 14.8. The van der Waals surface area contributed by atoms with Crippen molar-refractivity contribution in [3.8, 4) is 5.75 Å². The first-order valence-corrected chi connectivity index (χ1v) is 11.6. The summed E-state index contributed by atoms with van der Waals surface area (Å²) >= 11 is 0. The lowest BCUT2D eigenvalue weighted by Gasteiger charge is -2.26. The van der Waals surface area contributed by atoms with Crippen molar-refractivity contribution in [1.29, 1.82) is 0 Å². The van der Waals surface area contributed by atoms with Gasteiger partial charge in [0.1, 0.15) is 5.75 Å². The molecule has 0 aromatic heterocycles. The van der Waals surface area contributed by atoms with E-state index in [1.165, 1.54) is 56.3 Å². The third-order valence-corrected chi connectivity index (χ3v) is 6.19. The van der Waals surface area contributed by atoms with Gasteiger partial charge in [-0.05, 0) is 80.1 Å². The molecule has 0 radical (unpaired) electrons. The molecule has 0 unspecified atom stereocenters. The fourth-order valence-electron chi connectivity index (χ4n) is 4.06. The molecule has 1 saturated heterocycles. The van der Waals surface area contributed by atoms with Crippen LogP contribution in [0.4, 0.5) is 0 Å². The van der Waals surface area contributed by atoms with Gasteiger partial charge in [-0.2, -0.15) is 0 Å². The van der Waals surface area contributed by atoms with Gasteiger partial charge in [-0.25, -0.2) is 0 Å². The summed E-state index contributed by atoms with van der Waals surface area (Å²) in [6.45, 7) is 4.91. The number of carbonyl (C=O) groups excluding carboxylic acids is 1. The van der Waals surface area contributed by atoms with E-state index in [0.717, 1.165) is 37.7 Å². The maximum Gasteiger partial charge on any atom is 0.251 e. The molecule has 1 heterocycles. The number of nitrogens with one attached hydrogen (secondary N) is 1. The maximum absolute atomic E-state index is 12.4. The summed E-state index contributed by atoms with van der Waals surface area (Å²) in [6, 6.07) is 16.3. The van der Waals surface area contributed by atoms with E-state index in [2.05, 4.69) is 34.5 Å². The van der Waals surface area contributed by atoms with Crippen LogP contribution in [-0.4, -0.2) is 37.0 Å². The fraction of sp³-hybridized carbons (Fsp3) is 0.500. The molecule has 0 bridgehead atoms. The van der Waals surface area contributed by atoms with Crippen molar-refractivity contribution in [2.45, 2.75) is 51.5 Å². The van der Waals surface area contributed by atoms with Gasteiger partial charge in [0, 0.05) is 18.7 Å². The molecular formula is C26H34N2O2. The van der Waals surface area contributed by atoms with Crippen LogP contribution >= 0.6 is 0 Å². The minimum atomic E-state index is -0.0266. The molecule has 0 atom stereocenters. The molecular weight excluding hydrogens is 372 g/mol. The van der Waals surface area contributed by atoms with Crippen LogP contribution in [0.1, 0.15) is 60.0 Å². The lowest BCUT2D eigenvalue weighted by Crippen LogP contribution is -2.29. The molecule has 4 rings (SSSR count). The summed E-state index contributed by atoms with van der Waals surface area (Å²) in [5.41, 5.74) is 3.32. The standard InChI is InChI=1S/C26H34N2O2/c29-26(24-10-12-25(13-11-24)30-19-15-22-4-5-22)27-16-14-21-6-8-23(9-7-21)20-28-17-2-1-3-18-28/h6-13,22H,1-5,14-20H2,(H,27,29). The summed E-state index contributed by atoms with van der Waals surface area (Å²) in [6.07, 6.45) is 8.72. The lowest BCUT2D eigenvalue weighted by molar-refractivity contribution is 0.0954. The van der Waals surface area contributed by atoms with Gasteiger partial charge < -0.3 is 10.1 Å². The molecule has 0 spiro atoms. The Bertz CT molecular complexity index is 791. The molecule has 4 heteroatoms. The van der Waals surface area contributed by atoms with E-state index in [9.17, 15) is 4.79 Å². The highest BCUT2D eigenvalue weighted by atomic mass is 16.5. The Morgan fingerprint density at radius 2 is 1.63 bits per heavy atom. The average Bonchev–Trinajstić information content (AvgIpc) is 3.61.